The van der Waals surface area contributed by atoms with Gasteiger partial charge in [0.15, 0.2) is 15.6 Å². The van der Waals surface area contributed by atoms with Gasteiger partial charge in [0.1, 0.15) is 0 Å². The Morgan fingerprint density at radius 2 is 1.91 bits per heavy atom. The van der Waals surface area contributed by atoms with E-state index in [4.69, 9.17) is 4.74 Å². The quantitative estimate of drug-likeness (QED) is 0.489. The van der Waals surface area contributed by atoms with E-state index in [0.29, 0.717) is 35.8 Å². The van der Waals surface area contributed by atoms with E-state index < -0.39 is 9.84 Å². The first-order valence-electron chi connectivity index (χ1n) is 10.5. The first-order chi connectivity index (χ1) is 15.2. The van der Waals surface area contributed by atoms with Gasteiger partial charge < -0.3 is 4.74 Å². The summed E-state index contributed by atoms with van der Waals surface area (Å²) in [5, 5.41) is 0. The second kappa shape index (κ2) is 10.4. The zero-order valence-electron chi connectivity index (χ0n) is 18.5. The number of hydrogen-bond donors (Lipinski definition) is 0. The van der Waals surface area contributed by atoms with E-state index in [0.717, 1.165) is 33.7 Å². The molecular weight excluding hydrogens is 446 g/mol. The van der Waals surface area contributed by atoms with Crippen LogP contribution in [0.25, 0.3) is 10.4 Å². The summed E-state index contributed by atoms with van der Waals surface area (Å²) in [4.78, 5) is 30.7. The van der Waals surface area contributed by atoms with Crippen molar-refractivity contribution in [2.45, 2.75) is 50.8 Å². The van der Waals surface area contributed by atoms with E-state index in [2.05, 4.69) is 4.99 Å². The molecule has 0 N–H and O–H groups in total. The van der Waals surface area contributed by atoms with Crippen molar-refractivity contribution in [3.8, 4) is 10.4 Å². The predicted molar refractivity (Wildman–Crippen MR) is 127 cm³/mol. The molecule has 2 aromatic rings. The first kappa shape index (κ1) is 24.1. The second-order valence-corrected chi connectivity index (χ2v) is 10.9. The summed E-state index contributed by atoms with van der Waals surface area (Å²) in [5.74, 6) is -0.401. The molecule has 170 valence electrons. The molecule has 0 atom stereocenters. The lowest BCUT2D eigenvalue weighted by Crippen LogP contribution is -2.17. The number of hydrogen-bond acceptors (Lipinski definition) is 7. The molecular formula is C24H27NO5S2. The van der Waals surface area contributed by atoms with Crippen LogP contribution in [0.4, 0.5) is 0 Å². The van der Waals surface area contributed by atoms with Crippen molar-refractivity contribution < 1.29 is 22.7 Å². The Labute approximate surface area is 192 Å². The number of aryl methyl sites for hydroxylation is 1. The molecule has 6 nitrogen and oxygen atoms in total. The summed E-state index contributed by atoms with van der Waals surface area (Å²) in [6.07, 6.45) is 4.11. The zero-order valence-corrected chi connectivity index (χ0v) is 20.1. The van der Waals surface area contributed by atoms with Crippen molar-refractivity contribution in [2.24, 2.45) is 4.99 Å². The average Bonchev–Trinajstić information content (AvgIpc) is 3.21. The van der Waals surface area contributed by atoms with Crippen LogP contribution in [-0.2, 0) is 30.6 Å². The molecule has 32 heavy (non-hydrogen) atoms. The largest absolute Gasteiger partial charge is 0.466 e. The Morgan fingerprint density at radius 1 is 1.12 bits per heavy atom. The highest BCUT2D eigenvalue weighted by molar-refractivity contribution is 7.90. The summed E-state index contributed by atoms with van der Waals surface area (Å²) in [5.41, 5.74) is 3.12. The molecule has 0 saturated heterocycles. The van der Waals surface area contributed by atoms with Gasteiger partial charge in [-0.25, -0.2) is 8.42 Å². The molecule has 0 spiro atoms. The highest BCUT2D eigenvalue weighted by atomic mass is 32.2. The molecule has 2 heterocycles. The van der Waals surface area contributed by atoms with Crippen molar-refractivity contribution in [2.75, 3.05) is 12.9 Å². The van der Waals surface area contributed by atoms with E-state index in [-0.39, 0.29) is 18.2 Å². The number of carbonyl (C=O) groups is 2. The maximum atomic E-state index is 12.0. The molecule has 1 aromatic heterocycles. The fourth-order valence-corrected chi connectivity index (χ4v) is 5.24. The number of ketones is 1. The molecule has 0 unspecified atom stereocenters. The standard InChI is InChI=1S/C24H27NO5S2/c1-4-30-24(27)15-22-17(9-12-21(25-22)16(2)26)8-10-19-11-13-23(31-19)18-6-5-7-20(14-18)32(3,28)29/h5-7,11,13-14H,4,8-10,12,15H2,1-3H3. The van der Waals surface area contributed by atoms with Gasteiger partial charge >= 0.3 is 5.97 Å². The Hall–Kier alpha value is -2.58. The van der Waals surface area contributed by atoms with Crippen LogP contribution in [0.2, 0.25) is 0 Å². The minimum atomic E-state index is -3.26. The lowest BCUT2D eigenvalue weighted by molar-refractivity contribution is -0.142. The Morgan fingerprint density at radius 3 is 2.59 bits per heavy atom. The van der Waals surface area contributed by atoms with Crippen molar-refractivity contribution in [3.63, 3.8) is 0 Å². The van der Waals surface area contributed by atoms with Gasteiger partial charge in [0.05, 0.1) is 29.3 Å². The maximum Gasteiger partial charge on any atom is 0.311 e. The highest BCUT2D eigenvalue weighted by Gasteiger charge is 2.20. The molecule has 0 bridgehead atoms. The van der Waals surface area contributed by atoms with Gasteiger partial charge in [0, 0.05) is 22.9 Å². The van der Waals surface area contributed by atoms with Gasteiger partial charge in [-0.2, -0.15) is 0 Å². The molecule has 3 rings (SSSR count). The minimum absolute atomic E-state index is 0.0652. The number of aliphatic imine (C=N–C) groups is 1. The van der Waals surface area contributed by atoms with Gasteiger partial charge in [-0.15, -0.1) is 11.3 Å². The second-order valence-electron chi connectivity index (χ2n) is 7.71. The van der Waals surface area contributed by atoms with E-state index >= 15 is 0 Å². The Kier molecular flexibility index (Phi) is 7.79. The van der Waals surface area contributed by atoms with Gasteiger partial charge in [0.2, 0.25) is 0 Å². The molecule has 0 amide bonds. The fraction of sp³-hybridized carbons (Fsp3) is 0.375. The third kappa shape index (κ3) is 6.23. The predicted octanol–water partition coefficient (Wildman–Crippen LogP) is 4.78. The highest BCUT2D eigenvalue weighted by Crippen LogP contribution is 2.32. The number of rotatable bonds is 9. The van der Waals surface area contributed by atoms with Crippen molar-refractivity contribution >= 4 is 38.6 Å². The van der Waals surface area contributed by atoms with Crippen LogP contribution in [0.1, 0.15) is 44.4 Å². The molecule has 1 aliphatic rings. The average molecular weight is 474 g/mol. The minimum Gasteiger partial charge on any atom is -0.466 e. The van der Waals surface area contributed by atoms with Gasteiger partial charge in [-0.3, -0.25) is 14.6 Å². The molecule has 1 aliphatic heterocycles. The molecule has 1 aromatic carbocycles. The number of benzene rings is 1. The number of sulfone groups is 1. The lowest BCUT2D eigenvalue weighted by atomic mass is 9.95. The third-order valence-corrected chi connectivity index (χ3v) is 7.55. The smallest absolute Gasteiger partial charge is 0.311 e. The Bertz CT molecular complexity index is 1190. The molecule has 0 aliphatic carbocycles. The number of nitrogens with zero attached hydrogens (tertiary/aromatic N) is 1. The van der Waals surface area contributed by atoms with Crippen LogP contribution >= 0.6 is 11.3 Å². The van der Waals surface area contributed by atoms with E-state index in [9.17, 15) is 18.0 Å². The summed E-state index contributed by atoms with van der Waals surface area (Å²) in [6.45, 7) is 3.57. The number of ether oxygens (including phenoxy) is 1. The molecule has 8 heteroatoms. The summed E-state index contributed by atoms with van der Waals surface area (Å²) in [6, 6.07) is 11.0. The number of esters is 1. The van der Waals surface area contributed by atoms with Crippen LogP contribution in [0, 0.1) is 0 Å². The summed E-state index contributed by atoms with van der Waals surface area (Å²) >= 11 is 1.62. The van der Waals surface area contributed by atoms with Crippen LogP contribution in [0.15, 0.2) is 57.6 Å². The van der Waals surface area contributed by atoms with Crippen LogP contribution < -0.4 is 0 Å². The fourth-order valence-electron chi connectivity index (χ4n) is 3.57. The van der Waals surface area contributed by atoms with Crippen LogP contribution in [0.3, 0.4) is 0 Å². The molecule has 0 saturated carbocycles. The maximum absolute atomic E-state index is 12.0. The third-order valence-electron chi connectivity index (χ3n) is 5.25. The normalized spacial score (nSPS) is 14.3. The van der Waals surface area contributed by atoms with Crippen LogP contribution in [0.5, 0.6) is 0 Å². The first-order valence-corrected chi connectivity index (χ1v) is 13.2. The monoisotopic (exact) mass is 473 g/mol. The van der Waals surface area contributed by atoms with Gasteiger partial charge in [-0.05, 0) is 68.0 Å². The van der Waals surface area contributed by atoms with Crippen molar-refractivity contribution in [1.82, 2.24) is 0 Å². The number of carbonyl (C=O) groups excluding carboxylic acids is 2. The molecule has 0 radical (unpaired) electrons. The zero-order chi connectivity index (χ0) is 23.3. The SMILES string of the molecule is CCOC(=O)CC1=C(CCc2ccc(-c3cccc(S(C)(=O)=O)c3)s2)CCC(C(C)=O)=N1. The number of thiophene rings is 1. The topological polar surface area (TPSA) is 89.9 Å². The van der Waals surface area contributed by atoms with E-state index in [1.54, 1.807) is 36.5 Å². The summed E-state index contributed by atoms with van der Waals surface area (Å²) in [7, 11) is -3.26. The lowest BCUT2D eigenvalue weighted by Gasteiger charge is -2.18. The van der Waals surface area contributed by atoms with E-state index in [1.165, 1.54) is 13.2 Å². The van der Waals surface area contributed by atoms with Gasteiger partial charge in [-0.1, -0.05) is 12.1 Å². The van der Waals surface area contributed by atoms with Gasteiger partial charge in [0.25, 0.3) is 0 Å². The Balaban J connectivity index is 1.77. The van der Waals surface area contributed by atoms with Crippen LogP contribution in [-0.4, -0.2) is 38.7 Å². The van der Waals surface area contributed by atoms with Crippen molar-refractivity contribution in [1.29, 1.82) is 0 Å². The number of allylic oxidation sites excluding steroid dienone is 1. The van der Waals surface area contributed by atoms with Crippen molar-refractivity contribution in [3.05, 3.63) is 52.5 Å². The number of Topliss-reactive ketones (excluding diaryl/α,β-unsaturated/α-hetero) is 1. The molecule has 0 fully saturated rings. The van der Waals surface area contributed by atoms with E-state index in [1.807, 2.05) is 18.2 Å². The summed E-state index contributed by atoms with van der Waals surface area (Å²) < 4.78 is 28.8.